The van der Waals surface area contributed by atoms with Crippen LogP contribution in [0, 0.1) is 0 Å². The summed E-state index contributed by atoms with van der Waals surface area (Å²) in [6.07, 6.45) is 6.26. The normalized spacial score (nSPS) is 11.4. The Morgan fingerprint density at radius 1 is 1.16 bits per heavy atom. The largest absolute Gasteiger partial charge is 0.368 e. The van der Waals surface area contributed by atoms with Gasteiger partial charge in [0.05, 0.1) is 12.4 Å². The smallest absolute Gasteiger partial charge is 0.243 e. The van der Waals surface area contributed by atoms with Crippen molar-refractivity contribution in [1.29, 1.82) is 0 Å². The maximum Gasteiger partial charge on any atom is 0.243 e. The average molecular weight is 279 g/mol. The van der Waals surface area contributed by atoms with Gasteiger partial charge in [0, 0.05) is 18.9 Å². The number of sulfonamides is 1. The van der Waals surface area contributed by atoms with Crippen LogP contribution in [0.5, 0.6) is 0 Å². The maximum atomic E-state index is 11.9. The summed E-state index contributed by atoms with van der Waals surface area (Å²) < 4.78 is 26.3. The van der Waals surface area contributed by atoms with Gasteiger partial charge in [0.2, 0.25) is 16.0 Å². The number of nitrogens with zero attached hydrogens (tertiary/aromatic N) is 3. The van der Waals surface area contributed by atoms with Gasteiger partial charge in [-0.25, -0.2) is 23.1 Å². The van der Waals surface area contributed by atoms with Gasteiger partial charge in [-0.05, 0) is 24.1 Å². The summed E-state index contributed by atoms with van der Waals surface area (Å²) in [7, 11) is -3.59. The first-order valence-electron chi connectivity index (χ1n) is 5.54. The predicted molar refractivity (Wildman–Crippen MR) is 69.6 cm³/mol. The Labute approximate surface area is 111 Å². The highest BCUT2D eigenvalue weighted by Crippen LogP contribution is 2.06. The first-order valence-corrected chi connectivity index (χ1v) is 7.02. The first-order chi connectivity index (χ1) is 9.08. The van der Waals surface area contributed by atoms with E-state index in [2.05, 4.69) is 19.7 Å². The highest BCUT2D eigenvalue weighted by atomic mass is 32.2. The van der Waals surface area contributed by atoms with E-state index in [4.69, 9.17) is 5.73 Å². The molecule has 0 saturated carbocycles. The lowest BCUT2D eigenvalue weighted by Gasteiger charge is -2.06. The third-order valence-electron chi connectivity index (χ3n) is 2.41. The van der Waals surface area contributed by atoms with Crippen molar-refractivity contribution in [2.45, 2.75) is 11.3 Å². The zero-order chi connectivity index (χ0) is 13.7. The molecule has 2 aromatic heterocycles. The number of pyridine rings is 1. The van der Waals surface area contributed by atoms with Gasteiger partial charge in [0.1, 0.15) is 4.90 Å². The minimum absolute atomic E-state index is 0.00331. The topological polar surface area (TPSA) is 111 Å². The van der Waals surface area contributed by atoms with Crippen LogP contribution in [0.4, 0.5) is 5.95 Å². The molecule has 0 amide bonds. The Morgan fingerprint density at radius 3 is 2.42 bits per heavy atom. The number of aromatic nitrogens is 3. The van der Waals surface area contributed by atoms with E-state index in [9.17, 15) is 8.42 Å². The summed E-state index contributed by atoms with van der Waals surface area (Å²) in [4.78, 5) is 11.2. The monoisotopic (exact) mass is 279 g/mol. The molecule has 2 heterocycles. The van der Waals surface area contributed by atoms with E-state index < -0.39 is 10.0 Å². The van der Waals surface area contributed by atoms with Gasteiger partial charge in [0.15, 0.2) is 0 Å². The predicted octanol–water partition coefficient (Wildman–Crippen LogP) is -0.0252. The van der Waals surface area contributed by atoms with Crippen molar-refractivity contribution in [2.75, 3.05) is 12.3 Å². The van der Waals surface area contributed by atoms with E-state index in [0.717, 1.165) is 5.56 Å². The summed E-state index contributed by atoms with van der Waals surface area (Å²) >= 11 is 0. The molecule has 0 unspecified atom stereocenters. The molecule has 0 aliphatic carbocycles. The van der Waals surface area contributed by atoms with Gasteiger partial charge < -0.3 is 5.73 Å². The average Bonchev–Trinajstić information content (AvgIpc) is 2.40. The van der Waals surface area contributed by atoms with Gasteiger partial charge >= 0.3 is 0 Å². The quantitative estimate of drug-likeness (QED) is 0.795. The van der Waals surface area contributed by atoms with Crippen molar-refractivity contribution in [3.05, 3.63) is 42.5 Å². The Hall–Kier alpha value is -2.06. The highest BCUT2D eigenvalue weighted by molar-refractivity contribution is 7.89. The number of hydrogen-bond acceptors (Lipinski definition) is 6. The summed E-state index contributed by atoms with van der Waals surface area (Å²) in [6, 6.07) is 3.67. The van der Waals surface area contributed by atoms with Gasteiger partial charge in [0.25, 0.3) is 0 Å². The van der Waals surface area contributed by atoms with Crippen molar-refractivity contribution in [3.8, 4) is 0 Å². The van der Waals surface area contributed by atoms with E-state index in [1.807, 2.05) is 12.1 Å². The number of nitrogens with one attached hydrogen (secondary N) is 1. The molecule has 0 radical (unpaired) electrons. The molecule has 0 fully saturated rings. The van der Waals surface area contributed by atoms with Crippen molar-refractivity contribution >= 4 is 16.0 Å². The highest BCUT2D eigenvalue weighted by Gasteiger charge is 2.14. The Bertz CT molecular complexity index is 628. The zero-order valence-electron chi connectivity index (χ0n) is 10.0. The van der Waals surface area contributed by atoms with Crippen LogP contribution in [0.1, 0.15) is 5.56 Å². The lowest BCUT2D eigenvalue weighted by molar-refractivity contribution is 0.580. The van der Waals surface area contributed by atoms with Gasteiger partial charge in [-0.1, -0.05) is 0 Å². The molecule has 0 spiro atoms. The van der Waals surface area contributed by atoms with Crippen LogP contribution in [-0.4, -0.2) is 29.9 Å². The Kier molecular flexibility index (Phi) is 4.03. The number of nitrogen functional groups attached to an aromatic ring is 1. The van der Waals surface area contributed by atoms with Crippen LogP contribution >= 0.6 is 0 Å². The molecule has 0 aromatic carbocycles. The lowest BCUT2D eigenvalue weighted by Crippen LogP contribution is -2.26. The van der Waals surface area contributed by atoms with Crippen LogP contribution < -0.4 is 10.5 Å². The van der Waals surface area contributed by atoms with E-state index in [1.165, 1.54) is 12.4 Å². The van der Waals surface area contributed by atoms with E-state index in [1.54, 1.807) is 12.4 Å². The molecule has 8 heteroatoms. The molecule has 100 valence electrons. The molecule has 0 atom stereocenters. The fraction of sp³-hybridized carbons (Fsp3) is 0.182. The number of nitrogens with two attached hydrogens (primary N) is 1. The third kappa shape index (κ3) is 3.70. The maximum absolute atomic E-state index is 11.9. The molecule has 7 nitrogen and oxygen atoms in total. The summed E-state index contributed by atoms with van der Waals surface area (Å²) in [6.45, 7) is 0.288. The number of anilines is 1. The minimum atomic E-state index is -3.59. The first kappa shape index (κ1) is 13.4. The number of rotatable bonds is 5. The molecule has 0 saturated heterocycles. The van der Waals surface area contributed by atoms with Gasteiger partial charge in [-0.15, -0.1) is 0 Å². The summed E-state index contributed by atoms with van der Waals surface area (Å²) in [5.41, 5.74) is 6.31. The SMILES string of the molecule is Nc1ncc(S(=O)(=O)NCCc2ccncc2)cn1. The zero-order valence-corrected chi connectivity index (χ0v) is 10.8. The molecule has 2 rings (SSSR count). The molecule has 19 heavy (non-hydrogen) atoms. The third-order valence-corrected chi connectivity index (χ3v) is 3.83. The van der Waals surface area contributed by atoms with Crippen molar-refractivity contribution in [3.63, 3.8) is 0 Å². The van der Waals surface area contributed by atoms with Crippen molar-refractivity contribution < 1.29 is 8.42 Å². The van der Waals surface area contributed by atoms with Crippen LogP contribution in [0.2, 0.25) is 0 Å². The molecule has 2 aromatic rings. The van der Waals surface area contributed by atoms with E-state index >= 15 is 0 Å². The Morgan fingerprint density at radius 2 is 1.79 bits per heavy atom. The Balaban J connectivity index is 1.97. The number of hydrogen-bond donors (Lipinski definition) is 2. The van der Waals surface area contributed by atoms with Gasteiger partial charge in [-0.2, -0.15) is 0 Å². The summed E-state index contributed by atoms with van der Waals surface area (Å²) in [5, 5.41) is 0. The minimum Gasteiger partial charge on any atom is -0.368 e. The summed E-state index contributed by atoms with van der Waals surface area (Å²) in [5.74, 6) is 0.0377. The second-order valence-electron chi connectivity index (χ2n) is 3.78. The van der Waals surface area contributed by atoms with Crippen LogP contribution in [-0.2, 0) is 16.4 Å². The van der Waals surface area contributed by atoms with Crippen LogP contribution in [0.3, 0.4) is 0 Å². The molecular weight excluding hydrogens is 266 g/mol. The molecule has 0 bridgehead atoms. The second kappa shape index (κ2) is 5.72. The van der Waals surface area contributed by atoms with E-state index in [0.29, 0.717) is 6.42 Å². The molecule has 0 aliphatic heterocycles. The van der Waals surface area contributed by atoms with Crippen LogP contribution in [0.25, 0.3) is 0 Å². The van der Waals surface area contributed by atoms with Crippen LogP contribution in [0.15, 0.2) is 41.8 Å². The molecule has 3 N–H and O–H groups in total. The second-order valence-corrected chi connectivity index (χ2v) is 5.55. The fourth-order valence-corrected chi connectivity index (χ4v) is 2.35. The van der Waals surface area contributed by atoms with Gasteiger partial charge in [-0.3, -0.25) is 4.98 Å². The standard InChI is InChI=1S/C11H13N5O2S/c12-11-14-7-10(8-15-11)19(17,18)16-6-3-9-1-4-13-5-2-9/h1-2,4-5,7-8,16H,3,6H2,(H2,12,14,15). The fourth-order valence-electron chi connectivity index (χ4n) is 1.43. The van der Waals surface area contributed by atoms with Crippen molar-refractivity contribution in [1.82, 2.24) is 19.7 Å². The van der Waals surface area contributed by atoms with Crippen molar-refractivity contribution in [2.24, 2.45) is 0 Å². The molecular formula is C11H13N5O2S. The van der Waals surface area contributed by atoms with E-state index in [-0.39, 0.29) is 17.4 Å². The lowest BCUT2D eigenvalue weighted by atomic mass is 10.2. The molecule has 0 aliphatic rings.